The Bertz CT molecular complexity index is 594. The summed E-state index contributed by atoms with van der Waals surface area (Å²) in [7, 11) is 0. The molecule has 3 nitrogen and oxygen atoms in total. The Morgan fingerprint density at radius 1 is 1.22 bits per heavy atom. The predicted octanol–water partition coefficient (Wildman–Crippen LogP) is 3.66. The normalized spacial score (nSPS) is 32.8. The van der Waals surface area contributed by atoms with Gasteiger partial charge in [0.1, 0.15) is 0 Å². The molecule has 0 aliphatic carbocycles. The molecule has 3 heterocycles. The Balaban J connectivity index is 1.47. The van der Waals surface area contributed by atoms with Crippen molar-refractivity contribution in [3.8, 4) is 0 Å². The molecule has 23 heavy (non-hydrogen) atoms. The smallest absolute Gasteiger partial charge is 0.194 e. The third-order valence-electron chi connectivity index (χ3n) is 5.80. The molecule has 4 atom stereocenters. The first-order valence-corrected chi connectivity index (χ1v) is 9.37. The minimum atomic E-state index is 0.489. The van der Waals surface area contributed by atoms with Gasteiger partial charge in [-0.1, -0.05) is 29.8 Å². The maximum absolute atomic E-state index is 5.11. The molecule has 1 N–H and O–H groups in total. The van der Waals surface area contributed by atoms with Crippen molar-refractivity contribution < 1.29 is 0 Å². The standard InChI is InChI=1S/C20H29N3/c1-14-5-3-6-16(11-14)9-10-17-13-19-8-4-7-18-12-15(2)21-20(22-17)23(18)19/h3,5-6,11,15,17-19H,4,7-10,12-13H2,1-2H3,(H,21,22). The highest BCUT2D eigenvalue weighted by Gasteiger charge is 2.40. The molecule has 3 heteroatoms. The van der Waals surface area contributed by atoms with Gasteiger partial charge in [0, 0.05) is 18.1 Å². The first-order valence-electron chi connectivity index (χ1n) is 9.37. The second kappa shape index (κ2) is 6.18. The third kappa shape index (κ3) is 3.11. The lowest BCUT2D eigenvalue weighted by Gasteiger charge is -2.52. The Hall–Kier alpha value is -1.51. The number of benzene rings is 1. The summed E-state index contributed by atoms with van der Waals surface area (Å²) >= 11 is 0. The summed E-state index contributed by atoms with van der Waals surface area (Å²) in [5.74, 6) is 1.21. The molecule has 4 unspecified atom stereocenters. The van der Waals surface area contributed by atoms with Gasteiger partial charge >= 0.3 is 0 Å². The van der Waals surface area contributed by atoms with Gasteiger partial charge in [-0.15, -0.1) is 0 Å². The van der Waals surface area contributed by atoms with Crippen LogP contribution in [0.5, 0.6) is 0 Å². The van der Waals surface area contributed by atoms with Crippen molar-refractivity contribution in [1.29, 1.82) is 0 Å². The molecule has 2 fully saturated rings. The summed E-state index contributed by atoms with van der Waals surface area (Å²) in [5.41, 5.74) is 2.82. The summed E-state index contributed by atoms with van der Waals surface area (Å²) in [6, 6.07) is 11.5. The van der Waals surface area contributed by atoms with Crippen LogP contribution < -0.4 is 5.32 Å². The first-order chi connectivity index (χ1) is 11.2. The maximum Gasteiger partial charge on any atom is 0.194 e. The van der Waals surface area contributed by atoms with E-state index in [2.05, 4.69) is 48.3 Å². The highest BCUT2D eigenvalue weighted by Crippen LogP contribution is 2.34. The zero-order valence-electron chi connectivity index (χ0n) is 14.5. The van der Waals surface area contributed by atoms with Gasteiger partial charge in [0.05, 0.1) is 6.04 Å². The lowest BCUT2D eigenvalue weighted by molar-refractivity contribution is 0.102. The summed E-state index contributed by atoms with van der Waals surface area (Å²) in [6.07, 6.45) is 8.97. The number of nitrogens with one attached hydrogen (secondary N) is 1. The lowest BCUT2D eigenvalue weighted by Crippen LogP contribution is -2.64. The summed E-state index contributed by atoms with van der Waals surface area (Å²) in [6.45, 7) is 4.48. The van der Waals surface area contributed by atoms with Crippen molar-refractivity contribution in [2.45, 2.75) is 83.0 Å². The van der Waals surface area contributed by atoms with Crippen LogP contribution >= 0.6 is 0 Å². The summed E-state index contributed by atoms with van der Waals surface area (Å²) in [4.78, 5) is 7.74. The predicted molar refractivity (Wildman–Crippen MR) is 95.8 cm³/mol. The molecule has 0 saturated carbocycles. The van der Waals surface area contributed by atoms with Gasteiger partial charge in [0.2, 0.25) is 0 Å². The van der Waals surface area contributed by atoms with Gasteiger partial charge in [-0.05, 0) is 64.4 Å². The average Bonchev–Trinajstić information content (AvgIpc) is 2.53. The summed E-state index contributed by atoms with van der Waals surface area (Å²) < 4.78 is 0. The van der Waals surface area contributed by atoms with Crippen LogP contribution in [0.2, 0.25) is 0 Å². The molecule has 3 aliphatic rings. The highest BCUT2D eigenvalue weighted by molar-refractivity contribution is 5.82. The highest BCUT2D eigenvalue weighted by atomic mass is 15.4. The number of guanidine groups is 1. The number of rotatable bonds is 3. The molecule has 0 spiro atoms. The van der Waals surface area contributed by atoms with Crippen LogP contribution in [-0.2, 0) is 6.42 Å². The number of aliphatic imine (C=N–C) groups is 1. The Kier molecular flexibility index (Phi) is 4.04. The molecule has 1 aromatic rings. The minimum absolute atomic E-state index is 0.489. The largest absolute Gasteiger partial charge is 0.354 e. The Morgan fingerprint density at radius 2 is 2.04 bits per heavy atom. The molecule has 0 bridgehead atoms. The van der Waals surface area contributed by atoms with Gasteiger partial charge in [-0.2, -0.15) is 0 Å². The second-order valence-electron chi connectivity index (χ2n) is 7.80. The van der Waals surface area contributed by atoms with E-state index in [9.17, 15) is 0 Å². The Labute approximate surface area is 140 Å². The van der Waals surface area contributed by atoms with Gasteiger partial charge in [-0.25, -0.2) is 4.99 Å². The maximum atomic E-state index is 5.11. The fraction of sp³-hybridized carbons (Fsp3) is 0.650. The van der Waals surface area contributed by atoms with E-state index in [1.54, 1.807) is 0 Å². The van der Waals surface area contributed by atoms with E-state index in [0.29, 0.717) is 12.1 Å². The van der Waals surface area contributed by atoms with Gasteiger partial charge < -0.3 is 10.2 Å². The topological polar surface area (TPSA) is 27.6 Å². The molecular weight excluding hydrogens is 282 g/mol. The quantitative estimate of drug-likeness (QED) is 0.922. The van der Waals surface area contributed by atoms with E-state index in [0.717, 1.165) is 18.5 Å². The summed E-state index contributed by atoms with van der Waals surface area (Å²) in [5, 5.41) is 3.66. The molecule has 0 amide bonds. The molecule has 124 valence electrons. The fourth-order valence-corrected chi connectivity index (χ4v) is 4.76. The Morgan fingerprint density at radius 3 is 2.87 bits per heavy atom. The molecule has 0 aromatic heterocycles. The number of hydrogen-bond acceptors (Lipinski definition) is 3. The molecule has 0 radical (unpaired) electrons. The van der Waals surface area contributed by atoms with Gasteiger partial charge in [-0.3, -0.25) is 0 Å². The van der Waals surface area contributed by atoms with Crippen molar-refractivity contribution in [3.05, 3.63) is 35.4 Å². The zero-order chi connectivity index (χ0) is 15.8. The monoisotopic (exact) mass is 311 g/mol. The van der Waals surface area contributed by atoms with Crippen LogP contribution in [-0.4, -0.2) is 35.0 Å². The van der Waals surface area contributed by atoms with Crippen LogP contribution in [0.1, 0.15) is 56.6 Å². The van der Waals surface area contributed by atoms with Crippen LogP contribution in [0.3, 0.4) is 0 Å². The fourth-order valence-electron chi connectivity index (χ4n) is 4.76. The van der Waals surface area contributed by atoms with E-state index in [4.69, 9.17) is 4.99 Å². The third-order valence-corrected chi connectivity index (χ3v) is 5.80. The molecule has 2 saturated heterocycles. The molecule has 4 rings (SSSR count). The van der Waals surface area contributed by atoms with Crippen LogP contribution in [0.4, 0.5) is 0 Å². The van der Waals surface area contributed by atoms with E-state index in [-0.39, 0.29) is 0 Å². The van der Waals surface area contributed by atoms with Crippen molar-refractivity contribution in [3.63, 3.8) is 0 Å². The van der Waals surface area contributed by atoms with Crippen LogP contribution in [0.25, 0.3) is 0 Å². The van der Waals surface area contributed by atoms with E-state index < -0.39 is 0 Å². The van der Waals surface area contributed by atoms with Crippen molar-refractivity contribution in [1.82, 2.24) is 10.2 Å². The first kappa shape index (κ1) is 15.0. The number of piperidine rings is 1. The van der Waals surface area contributed by atoms with Crippen molar-refractivity contribution in [2.24, 2.45) is 4.99 Å². The number of nitrogens with zero attached hydrogens (tertiary/aromatic N) is 2. The second-order valence-corrected chi connectivity index (χ2v) is 7.80. The SMILES string of the molecule is Cc1cccc(CCC2CC3CCCC4CC(C)NC(=N2)N34)c1. The van der Waals surface area contributed by atoms with Gasteiger partial charge in [0.15, 0.2) is 5.96 Å². The minimum Gasteiger partial charge on any atom is -0.354 e. The molecule has 3 aliphatic heterocycles. The zero-order valence-corrected chi connectivity index (χ0v) is 14.5. The van der Waals surface area contributed by atoms with E-state index in [1.165, 1.54) is 55.6 Å². The van der Waals surface area contributed by atoms with E-state index in [1.807, 2.05) is 0 Å². The average molecular weight is 311 g/mol. The van der Waals surface area contributed by atoms with Crippen molar-refractivity contribution >= 4 is 5.96 Å². The van der Waals surface area contributed by atoms with Gasteiger partial charge in [0.25, 0.3) is 0 Å². The molecular formula is C20H29N3. The van der Waals surface area contributed by atoms with Crippen molar-refractivity contribution in [2.75, 3.05) is 0 Å². The van der Waals surface area contributed by atoms with E-state index >= 15 is 0 Å². The van der Waals surface area contributed by atoms with Crippen LogP contribution in [0, 0.1) is 6.92 Å². The number of aryl methyl sites for hydroxylation is 2. The lowest BCUT2D eigenvalue weighted by atomic mass is 9.85. The molecule has 1 aromatic carbocycles. The van der Waals surface area contributed by atoms with Crippen LogP contribution in [0.15, 0.2) is 29.3 Å². The number of hydrogen-bond donors (Lipinski definition) is 1.